The highest BCUT2D eigenvalue weighted by Crippen LogP contribution is 2.03. The number of aromatic nitrogens is 1. The molecule has 17 heavy (non-hydrogen) atoms. The second-order valence-electron chi connectivity index (χ2n) is 4.20. The highest BCUT2D eigenvalue weighted by Gasteiger charge is 2.25. The highest BCUT2D eigenvalue weighted by molar-refractivity contribution is 5.94. The van der Waals surface area contributed by atoms with Crippen LogP contribution in [0.2, 0.25) is 0 Å². The Bertz CT molecular complexity index is 463. The van der Waals surface area contributed by atoms with Crippen molar-refractivity contribution in [3.05, 3.63) is 34.2 Å². The second-order valence-corrected chi connectivity index (χ2v) is 4.20. The van der Waals surface area contributed by atoms with Gasteiger partial charge in [-0.15, -0.1) is 0 Å². The van der Waals surface area contributed by atoms with E-state index in [2.05, 4.69) is 5.32 Å². The first-order valence-electron chi connectivity index (χ1n) is 5.13. The number of pyridine rings is 1. The second kappa shape index (κ2) is 5.11. The van der Waals surface area contributed by atoms with Gasteiger partial charge in [0.15, 0.2) is 0 Å². The Hall–Kier alpha value is -1.66. The predicted molar refractivity (Wildman–Crippen MR) is 61.7 cm³/mol. The lowest BCUT2D eigenvalue weighted by Gasteiger charge is -2.26. The molecule has 0 aliphatic carbocycles. The highest BCUT2D eigenvalue weighted by atomic mass is 16.3. The van der Waals surface area contributed by atoms with E-state index in [-0.39, 0.29) is 24.3 Å². The molecular formula is C11H16N2O4. The average Bonchev–Trinajstić information content (AvgIpc) is 2.32. The van der Waals surface area contributed by atoms with Crippen LogP contribution in [-0.2, 0) is 7.05 Å². The summed E-state index contributed by atoms with van der Waals surface area (Å²) >= 11 is 0. The van der Waals surface area contributed by atoms with Crippen molar-refractivity contribution in [3.63, 3.8) is 0 Å². The summed E-state index contributed by atoms with van der Waals surface area (Å²) in [4.78, 5) is 23.1. The predicted octanol–water partition coefficient (Wildman–Crippen LogP) is -1.14. The lowest BCUT2D eigenvalue weighted by molar-refractivity contribution is 0.0723. The van der Waals surface area contributed by atoms with Crippen molar-refractivity contribution in [2.45, 2.75) is 12.5 Å². The van der Waals surface area contributed by atoms with Gasteiger partial charge in [-0.2, -0.15) is 0 Å². The molecule has 1 aromatic heterocycles. The normalized spacial score (nSPS) is 11.3. The van der Waals surface area contributed by atoms with Crippen molar-refractivity contribution in [1.29, 1.82) is 0 Å². The molecule has 0 aliphatic heterocycles. The fraction of sp³-hybridized carbons (Fsp3) is 0.455. The summed E-state index contributed by atoms with van der Waals surface area (Å²) in [5.41, 5.74) is -1.20. The number of aliphatic hydroxyl groups is 2. The molecule has 0 aliphatic rings. The van der Waals surface area contributed by atoms with E-state index < -0.39 is 11.4 Å². The van der Waals surface area contributed by atoms with Gasteiger partial charge >= 0.3 is 0 Å². The van der Waals surface area contributed by atoms with Crippen LogP contribution in [0.3, 0.4) is 0 Å². The van der Waals surface area contributed by atoms with Crippen molar-refractivity contribution >= 4 is 5.91 Å². The van der Waals surface area contributed by atoms with Gasteiger partial charge in [-0.25, -0.2) is 0 Å². The quantitative estimate of drug-likeness (QED) is 0.620. The van der Waals surface area contributed by atoms with Crippen molar-refractivity contribution in [2.75, 3.05) is 13.2 Å². The van der Waals surface area contributed by atoms with Gasteiger partial charge in [-0.3, -0.25) is 9.59 Å². The molecule has 6 nitrogen and oxygen atoms in total. The summed E-state index contributed by atoms with van der Waals surface area (Å²) < 4.78 is 1.34. The van der Waals surface area contributed by atoms with Gasteiger partial charge < -0.3 is 20.1 Å². The maximum absolute atomic E-state index is 11.8. The van der Waals surface area contributed by atoms with Gasteiger partial charge in [0.05, 0.1) is 18.8 Å². The van der Waals surface area contributed by atoms with Crippen LogP contribution in [-0.4, -0.2) is 39.4 Å². The molecule has 1 amide bonds. The standard InChI is InChI=1S/C11H16N2O4/c1-11(6-14,7-15)12-10(17)8-3-4-13(2)9(16)5-8/h3-5,14-15H,6-7H2,1-2H3,(H,12,17). The van der Waals surface area contributed by atoms with Gasteiger partial charge in [0.2, 0.25) is 0 Å². The third-order valence-corrected chi connectivity index (χ3v) is 2.48. The summed E-state index contributed by atoms with van der Waals surface area (Å²) in [5.74, 6) is -0.506. The van der Waals surface area contributed by atoms with Crippen molar-refractivity contribution < 1.29 is 15.0 Å². The molecule has 1 heterocycles. The topological polar surface area (TPSA) is 91.6 Å². The van der Waals surface area contributed by atoms with E-state index in [0.717, 1.165) is 0 Å². The molecule has 0 saturated heterocycles. The van der Waals surface area contributed by atoms with Crippen LogP contribution < -0.4 is 10.9 Å². The molecule has 94 valence electrons. The number of aryl methyl sites for hydroxylation is 1. The van der Waals surface area contributed by atoms with E-state index in [1.165, 1.54) is 29.8 Å². The Morgan fingerprint density at radius 3 is 2.53 bits per heavy atom. The van der Waals surface area contributed by atoms with Gasteiger partial charge in [-0.05, 0) is 13.0 Å². The molecule has 0 atom stereocenters. The zero-order valence-corrected chi connectivity index (χ0v) is 9.80. The maximum Gasteiger partial charge on any atom is 0.252 e. The number of carbonyl (C=O) groups excluding carboxylic acids is 1. The minimum atomic E-state index is -1.10. The van der Waals surface area contributed by atoms with E-state index in [0.29, 0.717) is 0 Å². The molecule has 1 rings (SSSR count). The van der Waals surface area contributed by atoms with Crippen LogP contribution in [0.5, 0.6) is 0 Å². The number of hydrogen-bond acceptors (Lipinski definition) is 4. The number of aliphatic hydroxyl groups excluding tert-OH is 2. The van der Waals surface area contributed by atoms with E-state index >= 15 is 0 Å². The summed E-state index contributed by atoms with van der Waals surface area (Å²) in [6.45, 7) is 0.728. The Morgan fingerprint density at radius 1 is 1.47 bits per heavy atom. The van der Waals surface area contributed by atoms with E-state index in [9.17, 15) is 9.59 Å². The van der Waals surface area contributed by atoms with Crippen LogP contribution >= 0.6 is 0 Å². The Labute approximate surface area is 98.5 Å². The minimum Gasteiger partial charge on any atom is -0.394 e. The van der Waals surface area contributed by atoms with Crippen LogP contribution in [0.25, 0.3) is 0 Å². The van der Waals surface area contributed by atoms with Gasteiger partial charge in [-0.1, -0.05) is 0 Å². The minimum absolute atomic E-state index is 0.196. The summed E-state index contributed by atoms with van der Waals surface area (Å²) in [6, 6.07) is 2.69. The molecule has 0 bridgehead atoms. The zero-order chi connectivity index (χ0) is 13.1. The van der Waals surface area contributed by atoms with Crippen molar-refractivity contribution in [1.82, 2.24) is 9.88 Å². The van der Waals surface area contributed by atoms with Crippen molar-refractivity contribution in [2.24, 2.45) is 7.05 Å². The average molecular weight is 240 g/mol. The molecule has 0 aromatic carbocycles. The van der Waals surface area contributed by atoms with Crippen molar-refractivity contribution in [3.8, 4) is 0 Å². The smallest absolute Gasteiger partial charge is 0.252 e. The Morgan fingerprint density at radius 2 is 2.06 bits per heavy atom. The molecule has 1 aromatic rings. The van der Waals surface area contributed by atoms with Gasteiger partial charge in [0.25, 0.3) is 11.5 Å². The first kappa shape index (κ1) is 13.4. The Kier molecular flexibility index (Phi) is 4.03. The monoisotopic (exact) mass is 240 g/mol. The fourth-order valence-corrected chi connectivity index (χ4v) is 1.17. The first-order valence-corrected chi connectivity index (χ1v) is 5.13. The molecule has 0 radical (unpaired) electrons. The zero-order valence-electron chi connectivity index (χ0n) is 9.80. The van der Waals surface area contributed by atoms with Gasteiger partial charge in [0, 0.05) is 24.9 Å². The SMILES string of the molecule is Cn1ccc(C(=O)NC(C)(CO)CO)cc1=O. The van der Waals surface area contributed by atoms with Crippen LogP contribution in [0.4, 0.5) is 0 Å². The molecule has 0 saturated carbocycles. The molecule has 3 N–H and O–H groups in total. The molecule has 0 spiro atoms. The lowest BCUT2D eigenvalue weighted by Crippen LogP contribution is -2.51. The number of nitrogens with zero attached hydrogens (tertiary/aromatic N) is 1. The molecule has 6 heteroatoms. The van der Waals surface area contributed by atoms with E-state index in [1.54, 1.807) is 7.05 Å². The Balaban J connectivity index is 2.90. The molecule has 0 fully saturated rings. The largest absolute Gasteiger partial charge is 0.394 e. The molecular weight excluding hydrogens is 224 g/mol. The van der Waals surface area contributed by atoms with E-state index in [4.69, 9.17) is 10.2 Å². The van der Waals surface area contributed by atoms with Crippen LogP contribution in [0.15, 0.2) is 23.1 Å². The number of carbonyl (C=O) groups is 1. The summed E-state index contributed by atoms with van der Waals surface area (Å²) in [7, 11) is 1.58. The first-order chi connectivity index (χ1) is 7.91. The third-order valence-electron chi connectivity index (χ3n) is 2.48. The number of rotatable bonds is 4. The number of hydrogen-bond donors (Lipinski definition) is 3. The van der Waals surface area contributed by atoms with Crippen LogP contribution in [0, 0.1) is 0 Å². The number of nitrogens with one attached hydrogen (secondary N) is 1. The number of amides is 1. The lowest BCUT2D eigenvalue weighted by atomic mass is 10.0. The summed E-state index contributed by atoms with van der Waals surface area (Å²) in [5, 5.41) is 20.5. The third kappa shape index (κ3) is 3.15. The molecule has 0 unspecified atom stereocenters. The fourth-order valence-electron chi connectivity index (χ4n) is 1.17. The van der Waals surface area contributed by atoms with E-state index in [1.807, 2.05) is 0 Å². The van der Waals surface area contributed by atoms with Crippen LogP contribution in [0.1, 0.15) is 17.3 Å². The maximum atomic E-state index is 11.8. The van der Waals surface area contributed by atoms with Gasteiger partial charge in [0.1, 0.15) is 0 Å². The summed E-state index contributed by atoms with van der Waals surface area (Å²) in [6.07, 6.45) is 1.48.